The lowest BCUT2D eigenvalue weighted by Gasteiger charge is -2.24. The van der Waals surface area contributed by atoms with Crippen LogP contribution in [0.1, 0.15) is 24.4 Å². The van der Waals surface area contributed by atoms with Crippen LogP contribution in [-0.2, 0) is 12.0 Å². The monoisotopic (exact) mass is 306 g/mol. The third-order valence-corrected chi connectivity index (χ3v) is 4.65. The highest BCUT2D eigenvalue weighted by atomic mass is 32.1. The smallest absolute Gasteiger partial charge is 0.183 e. The molecule has 2 rings (SSSR count). The highest BCUT2D eigenvalue weighted by Gasteiger charge is 2.21. The number of pyridine rings is 1. The van der Waals surface area contributed by atoms with Crippen molar-refractivity contribution >= 4 is 11.3 Å². The molecule has 0 amide bonds. The van der Waals surface area contributed by atoms with Crippen molar-refractivity contribution in [2.75, 3.05) is 20.8 Å². The lowest BCUT2D eigenvalue weighted by molar-refractivity contribution is 0.347. The molecule has 5 heteroatoms. The van der Waals surface area contributed by atoms with Gasteiger partial charge in [0.2, 0.25) is 0 Å². The fourth-order valence-electron chi connectivity index (χ4n) is 2.22. The molecule has 0 aromatic carbocycles. The Morgan fingerprint density at radius 3 is 2.67 bits per heavy atom. The summed E-state index contributed by atoms with van der Waals surface area (Å²) in [7, 11) is 3.27. The average molecular weight is 306 g/mol. The summed E-state index contributed by atoms with van der Waals surface area (Å²) in [5.74, 6) is 1.41. The van der Waals surface area contributed by atoms with Gasteiger partial charge >= 0.3 is 0 Å². The normalized spacial score (nSPS) is 11.4. The molecule has 4 nitrogen and oxygen atoms in total. The molecule has 0 unspecified atom stereocenters. The van der Waals surface area contributed by atoms with E-state index in [-0.39, 0.29) is 5.41 Å². The summed E-state index contributed by atoms with van der Waals surface area (Å²) in [6, 6.07) is 6.07. The first-order valence-corrected chi connectivity index (χ1v) is 7.77. The van der Waals surface area contributed by atoms with Crippen LogP contribution in [0.15, 0.2) is 29.8 Å². The summed E-state index contributed by atoms with van der Waals surface area (Å²) in [5.41, 5.74) is 0.958. The molecular weight excluding hydrogens is 284 g/mol. The first kappa shape index (κ1) is 15.8. The highest BCUT2D eigenvalue weighted by Crippen LogP contribution is 2.30. The topological polar surface area (TPSA) is 43.4 Å². The van der Waals surface area contributed by atoms with Crippen LogP contribution in [0.25, 0.3) is 0 Å². The minimum Gasteiger partial charge on any atom is -0.493 e. The number of rotatable bonds is 7. The maximum absolute atomic E-state index is 5.40. The Labute approximate surface area is 130 Å². The van der Waals surface area contributed by atoms with Crippen LogP contribution < -0.4 is 14.8 Å². The van der Waals surface area contributed by atoms with Crippen molar-refractivity contribution < 1.29 is 9.47 Å². The first-order valence-electron chi connectivity index (χ1n) is 6.89. The van der Waals surface area contributed by atoms with E-state index in [0.29, 0.717) is 18.0 Å². The zero-order valence-corrected chi connectivity index (χ0v) is 13.8. The van der Waals surface area contributed by atoms with E-state index in [1.54, 1.807) is 37.8 Å². The number of hydrogen-bond donors (Lipinski definition) is 1. The fourth-order valence-corrected chi connectivity index (χ4v) is 3.07. The molecule has 0 spiro atoms. The van der Waals surface area contributed by atoms with Crippen molar-refractivity contribution in [2.24, 2.45) is 0 Å². The first-order chi connectivity index (χ1) is 10.1. The van der Waals surface area contributed by atoms with Crippen molar-refractivity contribution in [3.63, 3.8) is 0 Å². The Morgan fingerprint density at radius 1 is 1.24 bits per heavy atom. The second-order valence-corrected chi connectivity index (χ2v) is 6.41. The van der Waals surface area contributed by atoms with Crippen molar-refractivity contribution in [3.8, 4) is 11.5 Å². The molecule has 21 heavy (non-hydrogen) atoms. The average Bonchev–Trinajstić information content (AvgIpc) is 3.01. The van der Waals surface area contributed by atoms with Crippen LogP contribution in [0.4, 0.5) is 0 Å². The van der Waals surface area contributed by atoms with E-state index in [1.807, 2.05) is 0 Å². The van der Waals surface area contributed by atoms with Gasteiger partial charge < -0.3 is 14.8 Å². The number of methoxy groups -OCH3 is 2. The van der Waals surface area contributed by atoms with Crippen LogP contribution in [0.3, 0.4) is 0 Å². The lowest BCUT2D eigenvalue weighted by Crippen LogP contribution is -2.32. The number of ether oxygens (including phenoxy) is 2. The van der Waals surface area contributed by atoms with Gasteiger partial charge in [-0.05, 0) is 11.4 Å². The predicted molar refractivity (Wildman–Crippen MR) is 86.4 cm³/mol. The molecule has 0 aliphatic heterocycles. The van der Waals surface area contributed by atoms with E-state index < -0.39 is 0 Å². The van der Waals surface area contributed by atoms with Gasteiger partial charge in [0.25, 0.3) is 0 Å². The van der Waals surface area contributed by atoms with Crippen molar-refractivity contribution in [3.05, 3.63) is 40.3 Å². The number of aromatic nitrogens is 1. The Bertz CT molecular complexity index is 568. The van der Waals surface area contributed by atoms with Crippen LogP contribution in [0.2, 0.25) is 0 Å². The second kappa shape index (κ2) is 6.91. The van der Waals surface area contributed by atoms with Gasteiger partial charge in [0, 0.05) is 35.6 Å². The summed E-state index contributed by atoms with van der Waals surface area (Å²) < 4.78 is 10.7. The Morgan fingerprint density at radius 2 is 2.05 bits per heavy atom. The quantitative estimate of drug-likeness (QED) is 0.853. The molecular formula is C16H22N2O2S. The predicted octanol–water partition coefficient (Wildman–Crippen LogP) is 3.23. The van der Waals surface area contributed by atoms with Crippen molar-refractivity contribution in [2.45, 2.75) is 25.8 Å². The summed E-state index contributed by atoms with van der Waals surface area (Å²) in [4.78, 5) is 5.75. The SMILES string of the molecule is COc1ccnc(CNCC(C)(C)c2cccs2)c1OC. The Kier molecular flexibility index (Phi) is 5.20. The zero-order chi connectivity index (χ0) is 15.3. The largest absolute Gasteiger partial charge is 0.493 e. The van der Waals surface area contributed by atoms with Gasteiger partial charge in [-0.2, -0.15) is 0 Å². The molecule has 0 bridgehead atoms. The van der Waals surface area contributed by atoms with E-state index >= 15 is 0 Å². The summed E-state index contributed by atoms with van der Waals surface area (Å²) in [6.45, 7) is 5.99. The highest BCUT2D eigenvalue weighted by molar-refractivity contribution is 7.10. The van der Waals surface area contributed by atoms with Crippen LogP contribution >= 0.6 is 11.3 Å². The van der Waals surface area contributed by atoms with E-state index in [2.05, 4.69) is 41.7 Å². The zero-order valence-electron chi connectivity index (χ0n) is 13.0. The number of hydrogen-bond acceptors (Lipinski definition) is 5. The molecule has 0 aliphatic rings. The molecule has 0 atom stereocenters. The van der Waals surface area contributed by atoms with E-state index in [9.17, 15) is 0 Å². The number of nitrogens with zero attached hydrogens (tertiary/aromatic N) is 1. The van der Waals surface area contributed by atoms with Gasteiger partial charge in [0.15, 0.2) is 11.5 Å². The van der Waals surface area contributed by atoms with Gasteiger partial charge in [0.05, 0.1) is 19.9 Å². The number of nitrogens with one attached hydrogen (secondary N) is 1. The van der Waals surface area contributed by atoms with E-state index in [0.717, 1.165) is 12.2 Å². The van der Waals surface area contributed by atoms with Gasteiger partial charge in [0.1, 0.15) is 0 Å². The Hall–Kier alpha value is -1.59. The maximum Gasteiger partial charge on any atom is 0.183 e. The van der Waals surface area contributed by atoms with E-state index in [4.69, 9.17) is 9.47 Å². The van der Waals surface area contributed by atoms with Gasteiger partial charge in [-0.1, -0.05) is 19.9 Å². The maximum atomic E-state index is 5.40. The minimum absolute atomic E-state index is 0.0975. The molecule has 1 N–H and O–H groups in total. The summed E-state index contributed by atoms with van der Waals surface area (Å²) >= 11 is 1.79. The summed E-state index contributed by atoms with van der Waals surface area (Å²) in [5, 5.41) is 5.58. The van der Waals surface area contributed by atoms with Gasteiger partial charge in [-0.25, -0.2) is 0 Å². The molecule has 0 aliphatic carbocycles. The molecule has 0 radical (unpaired) electrons. The second-order valence-electron chi connectivity index (χ2n) is 5.46. The Balaban J connectivity index is 2.01. The molecule has 0 fully saturated rings. The van der Waals surface area contributed by atoms with Gasteiger partial charge in [-0.3, -0.25) is 4.98 Å². The number of thiophene rings is 1. The minimum atomic E-state index is 0.0975. The summed E-state index contributed by atoms with van der Waals surface area (Å²) in [6.07, 6.45) is 1.74. The molecule has 0 saturated carbocycles. The van der Waals surface area contributed by atoms with Crippen LogP contribution in [0, 0.1) is 0 Å². The third-order valence-electron chi connectivity index (χ3n) is 3.41. The van der Waals surface area contributed by atoms with Crippen molar-refractivity contribution in [1.82, 2.24) is 10.3 Å². The van der Waals surface area contributed by atoms with Crippen LogP contribution in [-0.4, -0.2) is 25.7 Å². The molecule has 2 heterocycles. The molecule has 0 saturated heterocycles. The molecule has 2 aromatic heterocycles. The standard InChI is InChI=1S/C16H22N2O2S/c1-16(2,14-6-5-9-21-14)11-17-10-12-15(20-4)13(19-3)7-8-18-12/h5-9,17H,10-11H2,1-4H3. The fraction of sp³-hybridized carbons (Fsp3) is 0.438. The molecule has 114 valence electrons. The lowest BCUT2D eigenvalue weighted by atomic mass is 9.91. The van der Waals surface area contributed by atoms with E-state index in [1.165, 1.54) is 4.88 Å². The van der Waals surface area contributed by atoms with Crippen LogP contribution in [0.5, 0.6) is 11.5 Å². The van der Waals surface area contributed by atoms with Crippen molar-refractivity contribution in [1.29, 1.82) is 0 Å². The molecule has 2 aromatic rings. The third kappa shape index (κ3) is 3.74. The van der Waals surface area contributed by atoms with Gasteiger partial charge in [-0.15, -0.1) is 11.3 Å².